The van der Waals surface area contributed by atoms with E-state index in [0.717, 1.165) is 0 Å². The van der Waals surface area contributed by atoms with Crippen molar-refractivity contribution in [3.63, 3.8) is 0 Å². The number of carbonyl (C=O) groups is 2. The van der Waals surface area contributed by atoms with Gasteiger partial charge in [0.2, 0.25) is 0 Å². The molecule has 1 heterocycles. The molecule has 1 aliphatic rings. The Morgan fingerprint density at radius 1 is 1.56 bits per heavy atom. The zero-order valence-electron chi connectivity index (χ0n) is 8.60. The topological polar surface area (TPSA) is 72.8 Å². The second kappa shape index (κ2) is 3.84. The highest BCUT2D eigenvalue weighted by molar-refractivity contribution is 6.03. The summed E-state index contributed by atoms with van der Waals surface area (Å²) in [5.41, 5.74) is 0.684. The maximum absolute atomic E-state index is 11.4. The lowest BCUT2D eigenvalue weighted by molar-refractivity contribution is -0.150. The number of ether oxygens (including phenoxy) is 2. The van der Waals surface area contributed by atoms with Gasteiger partial charge < -0.3 is 14.6 Å². The van der Waals surface area contributed by atoms with Gasteiger partial charge in [-0.2, -0.15) is 0 Å². The van der Waals surface area contributed by atoms with Gasteiger partial charge in [0.05, 0.1) is 7.11 Å². The number of benzene rings is 1. The molecule has 0 saturated heterocycles. The summed E-state index contributed by atoms with van der Waals surface area (Å²) in [5, 5.41) is 8.78. The van der Waals surface area contributed by atoms with E-state index in [4.69, 9.17) is 14.6 Å². The molecular weight excluding hydrogens is 212 g/mol. The van der Waals surface area contributed by atoms with Crippen LogP contribution in [-0.2, 0) is 16.0 Å². The van der Waals surface area contributed by atoms with Gasteiger partial charge in [-0.05, 0) is 6.07 Å². The molecule has 84 valence electrons. The third-order valence-electron chi connectivity index (χ3n) is 2.40. The monoisotopic (exact) mass is 222 g/mol. The minimum absolute atomic E-state index is 0.0797. The van der Waals surface area contributed by atoms with Crippen molar-refractivity contribution in [3.05, 3.63) is 23.8 Å². The summed E-state index contributed by atoms with van der Waals surface area (Å²) in [5.74, 6) is -0.743. The Morgan fingerprint density at radius 3 is 2.94 bits per heavy atom. The second-order valence-electron chi connectivity index (χ2n) is 3.45. The van der Waals surface area contributed by atoms with Crippen LogP contribution in [0.5, 0.6) is 11.5 Å². The van der Waals surface area contributed by atoms with Crippen molar-refractivity contribution in [1.29, 1.82) is 0 Å². The van der Waals surface area contributed by atoms with Gasteiger partial charge >= 0.3 is 5.97 Å². The highest BCUT2D eigenvalue weighted by atomic mass is 16.5. The van der Waals surface area contributed by atoms with E-state index in [1.807, 2.05) is 0 Å². The summed E-state index contributed by atoms with van der Waals surface area (Å²) in [6.45, 7) is 0. The summed E-state index contributed by atoms with van der Waals surface area (Å²) in [6, 6.07) is 4.98. The number of Topliss-reactive ketones (excluding diaryl/α,β-unsaturated/α-hetero) is 1. The maximum atomic E-state index is 11.4. The fraction of sp³-hybridized carbons (Fsp3) is 0.273. The van der Waals surface area contributed by atoms with Crippen LogP contribution in [0, 0.1) is 0 Å². The van der Waals surface area contributed by atoms with E-state index < -0.39 is 17.9 Å². The van der Waals surface area contributed by atoms with Crippen molar-refractivity contribution < 1.29 is 24.2 Å². The Kier molecular flexibility index (Phi) is 2.52. The summed E-state index contributed by atoms with van der Waals surface area (Å²) >= 11 is 0. The van der Waals surface area contributed by atoms with Crippen molar-refractivity contribution in [2.45, 2.75) is 12.5 Å². The molecule has 0 amide bonds. The van der Waals surface area contributed by atoms with Crippen molar-refractivity contribution >= 4 is 11.8 Å². The maximum Gasteiger partial charge on any atom is 0.352 e. The lowest BCUT2D eigenvalue weighted by Crippen LogP contribution is -2.39. The molecule has 2 rings (SSSR count). The van der Waals surface area contributed by atoms with Gasteiger partial charge in [0, 0.05) is 18.1 Å². The number of aliphatic carboxylic acids is 1. The van der Waals surface area contributed by atoms with E-state index in [1.54, 1.807) is 18.2 Å². The molecule has 16 heavy (non-hydrogen) atoms. The Labute approximate surface area is 91.6 Å². The Hall–Kier alpha value is -2.04. The SMILES string of the molecule is COc1ccc2c(c1)OC(C(=O)O)C(=O)C2. The van der Waals surface area contributed by atoms with E-state index in [9.17, 15) is 9.59 Å². The summed E-state index contributed by atoms with van der Waals surface area (Å²) < 4.78 is 10.1. The molecule has 0 radical (unpaired) electrons. The number of carboxylic acid groups (broad SMARTS) is 1. The standard InChI is InChI=1S/C11H10O5/c1-15-7-3-2-6-4-8(12)10(11(13)14)16-9(6)5-7/h2-3,5,10H,4H2,1H3,(H,13,14). The van der Waals surface area contributed by atoms with Crippen molar-refractivity contribution in [3.8, 4) is 11.5 Å². The minimum atomic E-state index is -1.40. The van der Waals surface area contributed by atoms with E-state index in [1.165, 1.54) is 7.11 Å². The van der Waals surface area contributed by atoms with Crippen LogP contribution in [0.3, 0.4) is 0 Å². The third-order valence-corrected chi connectivity index (χ3v) is 2.40. The molecule has 1 aliphatic heterocycles. The average Bonchev–Trinajstić information content (AvgIpc) is 2.27. The van der Waals surface area contributed by atoms with Gasteiger partial charge in [-0.3, -0.25) is 4.79 Å². The molecule has 5 nitrogen and oxygen atoms in total. The first-order valence-electron chi connectivity index (χ1n) is 4.71. The quantitative estimate of drug-likeness (QED) is 0.744. The van der Waals surface area contributed by atoms with Crippen molar-refractivity contribution in [2.75, 3.05) is 7.11 Å². The lowest BCUT2D eigenvalue weighted by Gasteiger charge is -2.22. The average molecular weight is 222 g/mol. The van der Waals surface area contributed by atoms with Crippen LogP contribution in [0.1, 0.15) is 5.56 Å². The van der Waals surface area contributed by atoms with Crippen molar-refractivity contribution in [2.24, 2.45) is 0 Å². The predicted octanol–water partition coefficient (Wildman–Crippen LogP) is 0.652. The van der Waals surface area contributed by atoms with Gasteiger partial charge in [0.15, 0.2) is 5.78 Å². The van der Waals surface area contributed by atoms with Gasteiger partial charge in [-0.15, -0.1) is 0 Å². The number of hydrogen-bond acceptors (Lipinski definition) is 4. The Morgan fingerprint density at radius 2 is 2.31 bits per heavy atom. The molecule has 0 spiro atoms. The summed E-state index contributed by atoms with van der Waals surface area (Å²) in [7, 11) is 1.50. The zero-order chi connectivity index (χ0) is 11.7. The normalized spacial score (nSPS) is 18.6. The number of ketones is 1. The molecule has 1 unspecified atom stereocenters. The van der Waals surface area contributed by atoms with Crippen LogP contribution in [0.4, 0.5) is 0 Å². The number of rotatable bonds is 2. The fourth-order valence-corrected chi connectivity index (χ4v) is 1.58. The Bertz CT molecular complexity index is 452. The predicted molar refractivity (Wildman–Crippen MR) is 53.8 cm³/mol. The van der Waals surface area contributed by atoms with Crippen LogP contribution in [0.25, 0.3) is 0 Å². The molecule has 1 atom stereocenters. The number of methoxy groups -OCH3 is 1. The highest BCUT2D eigenvalue weighted by Gasteiger charge is 2.33. The van der Waals surface area contributed by atoms with Crippen LogP contribution < -0.4 is 9.47 Å². The lowest BCUT2D eigenvalue weighted by atomic mass is 10.0. The molecule has 0 aromatic heterocycles. The van der Waals surface area contributed by atoms with Crippen LogP contribution >= 0.6 is 0 Å². The largest absolute Gasteiger partial charge is 0.497 e. The molecule has 0 bridgehead atoms. The number of hydrogen-bond donors (Lipinski definition) is 1. The molecule has 0 saturated carbocycles. The van der Waals surface area contributed by atoms with Crippen LogP contribution in [0.15, 0.2) is 18.2 Å². The third kappa shape index (κ3) is 1.71. The summed E-state index contributed by atoms with van der Waals surface area (Å²) in [4.78, 5) is 22.2. The fourth-order valence-electron chi connectivity index (χ4n) is 1.58. The van der Waals surface area contributed by atoms with Gasteiger partial charge in [-0.25, -0.2) is 4.79 Å². The summed E-state index contributed by atoms with van der Waals surface area (Å²) in [6.07, 6.45) is -1.32. The molecule has 0 aliphatic carbocycles. The molecule has 1 N–H and O–H groups in total. The van der Waals surface area contributed by atoms with E-state index in [0.29, 0.717) is 17.1 Å². The highest BCUT2D eigenvalue weighted by Crippen LogP contribution is 2.30. The van der Waals surface area contributed by atoms with Crippen molar-refractivity contribution in [1.82, 2.24) is 0 Å². The van der Waals surface area contributed by atoms with Crippen LogP contribution in [0.2, 0.25) is 0 Å². The van der Waals surface area contributed by atoms with E-state index in [2.05, 4.69) is 0 Å². The zero-order valence-corrected chi connectivity index (χ0v) is 8.60. The molecule has 1 aromatic rings. The molecule has 0 fully saturated rings. The number of carbonyl (C=O) groups excluding carboxylic acids is 1. The van der Waals surface area contributed by atoms with Gasteiger partial charge in [-0.1, -0.05) is 6.07 Å². The van der Waals surface area contributed by atoms with Gasteiger partial charge in [0.1, 0.15) is 11.5 Å². The van der Waals surface area contributed by atoms with E-state index in [-0.39, 0.29) is 6.42 Å². The Balaban J connectivity index is 2.36. The number of carboxylic acids is 1. The first-order valence-corrected chi connectivity index (χ1v) is 4.71. The first-order chi connectivity index (χ1) is 7.61. The molecule has 1 aromatic carbocycles. The number of fused-ring (bicyclic) bond motifs is 1. The molecular formula is C11H10O5. The first kappa shape index (κ1) is 10.5. The second-order valence-corrected chi connectivity index (χ2v) is 3.45. The van der Waals surface area contributed by atoms with Crippen LogP contribution in [-0.4, -0.2) is 30.1 Å². The smallest absolute Gasteiger partial charge is 0.352 e. The van der Waals surface area contributed by atoms with E-state index >= 15 is 0 Å². The molecule has 5 heteroatoms. The van der Waals surface area contributed by atoms with Gasteiger partial charge in [0.25, 0.3) is 6.10 Å². The minimum Gasteiger partial charge on any atom is -0.497 e.